The van der Waals surface area contributed by atoms with Crippen LogP contribution in [-0.2, 0) is 10.0 Å². The van der Waals surface area contributed by atoms with Crippen molar-refractivity contribution < 1.29 is 12.8 Å². The van der Waals surface area contributed by atoms with Crippen molar-refractivity contribution in [3.63, 3.8) is 0 Å². The zero-order valence-corrected chi connectivity index (χ0v) is 20.1. The number of benzene rings is 2. The van der Waals surface area contributed by atoms with Crippen LogP contribution in [0.1, 0.15) is 11.3 Å². The standard InChI is InChI=1S/C22H18Cl2FN5O2S/c1-11-4-19(25)20(30-33(31,32)16-7-14(23)6-15(24)8-16)9-17(11)18-5-13-10-27-22(26-3)29-21(13)28-12(18)2/h4-10,30H,1-3H3,(H,26,27,28,29). The lowest BCUT2D eigenvalue weighted by molar-refractivity contribution is 0.598. The number of hydrogen-bond acceptors (Lipinski definition) is 6. The molecule has 2 aromatic heterocycles. The minimum absolute atomic E-state index is 0.148. The summed E-state index contributed by atoms with van der Waals surface area (Å²) >= 11 is 11.9. The van der Waals surface area contributed by atoms with Crippen molar-refractivity contribution in [1.82, 2.24) is 15.0 Å². The van der Waals surface area contributed by atoms with Crippen LogP contribution in [0.4, 0.5) is 16.0 Å². The number of sulfonamides is 1. The van der Waals surface area contributed by atoms with E-state index in [2.05, 4.69) is 25.0 Å². The van der Waals surface area contributed by atoms with Crippen LogP contribution in [0.5, 0.6) is 0 Å². The van der Waals surface area contributed by atoms with Crippen LogP contribution in [0.2, 0.25) is 10.0 Å². The maximum Gasteiger partial charge on any atom is 0.262 e. The van der Waals surface area contributed by atoms with Gasteiger partial charge >= 0.3 is 0 Å². The van der Waals surface area contributed by atoms with Gasteiger partial charge in [-0.3, -0.25) is 4.72 Å². The third-order valence-corrected chi connectivity index (χ3v) is 6.76. The second-order valence-corrected chi connectivity index (χ2v) is 9.89. The highest BCUT2D eigenvalue weighted by molar-refractivity contribution is 7.92. The van der Waals surface area contributed by atoms with Gasteiger partial charge in [0.1, 0.15) is 5.82 Å². The summed E-state index contributed by atoms with van der Waals surface area (Å²) in [7, 11) is -2.43. The second kappa shape index (κ2) is 8.74. The highest BCUT2D eigenvalue weighted by Crippen LogP contribution is 2.33. The molecule has 0 amide bonds. The Morgan fingerprint density at radius 2 is 1.64 bits per heavy atom. The number of halogens is 3. The monoisotopic (exact) mass is 505 g/mol. The first-order valence-corrected chi connectivity index (χ1v) is 11.9. The highest BCUT2D eigenvalue weighted by Gasteiger charge is 2.20. The maximum absolute atomic E-state index is 14.8. The van der Waals surface area contributed by atoms with E-state index in [1.54, 1.807) is 27.1 Å². The Hall–Kier alpha value is -3.01. The molecule has 4 rings (SSSR count). The van der Waals surface area contributed by atoms with Gasteiger partial charge in [-0.05, 0) is 61.4 Å². The van der Waals surface area contributed by atoms with Crippen molar-refractivity contribution in [3.8, 4) is 11.1 Å². The molecule has 7 nitrogen and oxygen atoms in total. The van der Waals surface area contributed by atoms with E-state index in [-0.39, 0.29) is 20.6 Å². The smallest absolute Gasteiger partial charge is 0.262 e. The van der Waals surface area contributed by atoms with Gasteiger partial charge in [0, 0.05) is 39.9 Å². The van der Waals surface area contributed by atoms with Gasteiger partial charge in [-0.1, -0.05) is 23.2 Å². The lowest BCUT2D eigenvalue weighted by atomic mass is 9.98. The highest BCUT2D eigenvalue weighted by atomic mass is 35.5. The molecule has 0 unspecified atom stereocenters. The Bertz CT molecular complexity index is 1490. The molecule has 2 heterocycles. The van der Waals surface area contributed by atoms with Gasteiger partial charge in [0.2, 0.25) is 5.95 Å². The molecule has 170 valence electrons. The van der Waals surface area contributed by atoms with Crippen LogP contribution in [0, 0.1) is 19.7 Å². The van der Waals surface area contributed by atoms with Crippen LogP contribution in [0.25, 0.3) is 22.2 Å². The van der Waals surface area contributed by atoms with E-state index < -0.39 is 15.8 Å². The summed E-state index contributed by atoms with van der Waals surface area (Å²) in [5.74, 6) is -0.278. The van der Waals surface area contributed by atoms with E-state index >= 15 is 0 Å². The average Bonchev–Trinajstić information content (AvgIpc) is 2.74. The largest absolute Gasteiger partial charge is 0.357 e. The van der Waals surface area contributed by atoms with Crippen molar-refractivity contribution in [2.75, 3.05) is 17.1 Å². The van der Waals surface area contributed by atoms with E-state index in [1.165, 1.54) is 30.3 Å². The summed E-state index contributed by atoms with van der Waals surface area (Å²) in [4.78, 5) is 12.9. The minimum Gasteiger partial charge on any atom is -0.357 e. The molecule has 0 radical (unpaired) electrons. The summed E-state index contributed by atoms with van der Waals surface area (Å²) in [6, 6.07) is 8.42. The van der Waals surface area contributed by atoms with E-state index in [4.69, 9.17) is 23.2 Å². The third-order valence-electron chi connectivity index (χ3n) is 4.98. The zero-order valence-electron chi connectivity index (χ0n) is 17.7. The first-order valence-electron chi connectivity index (χ1n) is 9.69. The van der Waals surface area contributed by atoms with Crippen LogP contribution in [-0.4, -0.2) is 30.4 Å². The lowest BCUT2D eigenvalue weighted by Crippen LogP contribution is -2.14. The summed E-state index contributed by atoms with van der Waals surface area (Å²) in [6.45, 7) is 3.54. The number of hydrogen-bond donors (Lipinski definition) is 2. The lowest BCUT2D eigenvalue weighted by Gasteiger charge is -2.15. The normalized spacial score (nSPS) is 11.6. The third kappa shape index (κ3) is 4.71. The number of nitrogens with zero attached hydrogens (tertiary/aromatic N) is 3. The molecule has 0 fully saturated rings. The number of aryl methyl sites for hydroxylation is 2. The van der Waals surface area contributed by atoms with E-state index in [0.717, 1.165) is 0 Å². The molecule has 0 spiro atoms. The SMILES string of the molecule is CNc1ncc2cc(-c3cc(NS(=O)(=O)c4cc(Cl)cc(Cl)c4)c(F)cc3C)c(C)nc2n1. The quantitative estimate of drug-likeness (QED) is 0.366. The number of fused-ring (bicyclic) bond motifs is 1. The fourth-order valence-corrected chi connectivity index (χ4v) is 5.16. The van der Waals surface area contributed by atoms with Crippen LogP contribution in [0.15, 0.2) is 47.5 Å². The fraction of sp³-hybridized carbons (Fsp3) is 0.136. The molecule has 0 atom stereocenters. The minimum atomic E-state index is -4.15. The van der Waals surface area contributed by atoms with Gasteiger partial charge in [-0.2, -0.15) is 4.98 Å². The zero-order chi connectivity index (χ0) is 23.9. The average molecular weight is 506 g/mol. The van der Waals surface area contributed by atoms with Crippen LogP contribution < -0.4 is 10.0 Å². The summed E-state index contributed by atoms with van der Waals surface area (Å²) in [5.41, 5.74) is 2.86. The Morgan fingerprint density at radius 1 is 0.939 bits per heavy atom. The van der Waals surface area contributed by atoms with Gasteiger partial charge in [-0.15, -0.1) is 0 Å². The molecule has 0 bridgehead atoms. The second-order valence-electron chi connectivity index (χ2n) is 7.34. The van der Waals surface area contributed by atoms with Crippen molar-refractivity contribution in [3.05, 3.63) is 69.7 Å². The van der Waals surface area contributed by atoms with E-state index in [1.807, 2.05) is 6.07 Å². The number of aromatic nitrogens is 3. The van der Waals surface area contributed by atoms with Gasteiger partial charge in [0.05, 0.1) is 10.6 Å². The molecule has 0 saturated carbocycles. The van der Waals surface area contributed by atoms with Gasteiger partial charge < -0.3 is 5.32 Å². The number of anilines is 2. The first-order chi connectivity index (χ1) is 15.6. The molecule has 11 heteroatoms. The summed E-state index contributed by atoms with van der Waals surface area (Å²) in [5, 5.41) is 3.85. The Morgan fingerprint density at radius 3 is 2.30 bits per heavy atom. The molecule has 0 saturated heterocycles. The molecule has 2 N–H and O–H groups in total. The molecule has 0 aliphatic heterocycles. The molecular weight excluding hydrogens is 488 g/mol. The van der Waals surface area contributed by atoms with Crippen LogP contribution >= 0.6 is 23.2 Å². The van der Waals surface area contributed by atoms with Crippen molar-refractivity contribution in [2.24, 2.45) is 0 Å². The van der Waals surface area contributed by atoms with Gasteiger partial charge in [-0.25, -0.2) is 22.8 Å². The Labute approximate surface area is 200 Å². The molecule has 4 aromatic rings. The summed E-state index contributed by atoms with van der Waals surface area (Å²) in [6.07, 6.45) is 1.63. The predicted molar refractivity (Wildman–Crippen MR) is 129 cm³/mol. The van der Waals surface area contributed by atoms with Crippen LogP contribution in [0.3, 0.4) is 0 Å². The first kappa shape index (κ1) is 23.2. The molecule has 2 aromatic carbocycles. The Balaban J connectivity index is 1.80. The van der Waals surface area contributed by atoms with Gasteiger partial charge in [0.15, 0.2) is 5.65 Å². The van der Waals surface area contributed by atoms with Gasteiger partial charge in [0.25, 0.3) is 10.0 Å². The molecule has 0 aliphatic rings. The number of nitrogens with one attached hydrogen (secondary N) is 2. The van der Waals surface area contributed by atoms with Crippen molar-refractivity contribution >= 4 is 55.9 Å². The Kier molecular flexibility index (Phi) is 6.13. The number of rotatable bonds is 5. The van der Waals surface area contributed by atoms with Crippen molar-refractivity contribution in [2.45, 2.75) is 18.7 Å². The predicted octanol–water partition coefficient (Wildman–Crippen LogP) is 5.60. The van der Waals surface area contributed by atoms with E-state index in [9.17, 15) is 12.8 Å². The molecule has 33 heavy (non-hydrogen) atoms. The maximum atomic E-state index is 14.8. The fourth-order valence-electron chi connectivity index (χ4n) is 3.37. The molecule has 0 aliphatic carbocycles. The summed E-state index contributed by atoms with van der Waals surface area (Å²) < 4.78 is 42.8. The molecular formula is C22H18Cl2FN5O2S. The van der Waals surface area contributed by atoms with Crippen molar-refractivity contribution in [1.29, 1.82) is 0 Å². The van der Waals surface area contributed by atoms with E-state index in [0.29, 0.717) is 39.4 Å². The number of pyridine rings is 1. The topological polar surface area (TPSA) is 96.9 Å².